The van der Waals surface area contributed by atoms with Crippen LogP contribution in [0.25, 0.3) is 0 Å². The Hall–Kier alpha value is -2.63. The highest BCUT2D eigenvalue weighted by Crippen LogP contribution is 2.23. The van der Waals surface area contributed by atoms with E-state index in [2.05, 4.69) is 6.58 Å². The van der Waals surface area contributed by atoms with Gasteiger partial charge < -0.3 is 14.6 Å². The maximum Gasteiger partial charge on any atom is 0.331 e. The van der Waals surface area contributed by atoms with Crippen molar-refractivity contribution in [1.29, 1.82) is 0 Å². The fraction of sp³-hybridized carbons (Fsp3) is 0.154. The minimum Gasteiger partial charge on any atom is -0.497 e. The lowest BCUT2D eigenvalue weighted by Gasteiger charge is -2.08. The van der Waals surface area contributed by atoms with Crippen molar-refractivity contribution in [3.05, 3.63) is 35.9 Å². The Morgan fingerprint density at radius 1 is 1.42 bits per heavy atom. The Bertz CT molecular complexity index is 532. The van der Waals surface area contributed by atoms with Crippen LogP contribution in [0.3, 0.4) is 0 Å². The number of carbonyl (C=O) groups is 3. The summed E-state index contributed by atoms with van der Waals surface area (Å²) >= 11 is 0. The van der Waals surface area contributed by atoms with E-state index in [1.807, 2.05) is 0 Å². The van der Waals surface area contributed by atoms with Crippen molar-refractivity contribution >= 4 is 18.2 Å². The van der Waals surface area contributed by atoms with E-state index in [-0.39, 0.29) is 16.9 Å². The van der Waals surface area contributed by atoms with Crippen molar-refractivity contribution in [3.63, 3.8) is 0 Å². The number of aliphatic carboxylic acids is 1. The van der Waals surface area contributed by atoms with Gasteiger partial charge in [0.1, 0.15) is 11.5 Å². The van der Waals surface area contributed by atoms with Gasteiger partial charge in [-0.3, -0.25) is 9.59 Å². The van der Waals surface area contributed by atoms with E-state index in [0.717, 1.165) is 0 Å². The maximum atomic E-state index is 11.5. The molecule has 0 aliphatic rings. The molecule has 1 aromatic rings. The third-order valence-electron chi connectivity index (χ3n) is 2.23. The molecule has 1 rings (SSSR count). The summed E-state index contributed by atoms with van der Waals surface area (Å²) < 4.78 is 9.83. The quantitative estimate of drug-likeness (QED) is 0.362. The number of carboxylic acids is 1. The van der Waals surface area contributed by atoms with Gasteiger partial charge in [-0.2, -0.15) is 0 Å². The highest BCUT2D eigenvalue weighted by molar-refractivity contribution is 5.92. The molecule has 0 aliphatic heterocycles. The highest BCUT2D eigenvalue weighted by Gasteiger charge is 2.14. The summed E-state index contributed by atoms with van der Waals surface area (Å²) in [5.41, 5.74) is -0.153. The van der Waals surface area contributed by atoms with E-state index in [1.54, 1.807) is 0 Å². The number of rotatable bonds is 6. The normalized spacial score (nSPS) is 9.53. The van der Waals surface area contributed by atoms with E-state index in [0.29, 0.717) is 12.0 Å². The minimum absolute atomic E-state index is 0.0407. The maximum absolute atomic E-state index is 11.5. The molecule has 0 saturated carbocycles. The molecule has 1 aromatic carbocycles. The van der Waals surface area contributed by atoms with Gasteiger partial charge in [0, 0.05) is 5.57 Å². The zero-order valence-electron chi connectivity index (χ0n) is 10.2. The van der Waals surface area contributed by atoms with Crippen molar-refractivity contribution < 1.29 is 29.0 Å². The molecule has 0 amide bonds. The van der Waals surface area contributed by atoms with Gasteiger partial charge in [-0.25, -0.2) is 4.79 Å². The van der Waals surface area contributed by atoms with Gasteiger partial charge in [0.2, 0.25) is 0 Å². The molecule has 0 aromatic heterocycles. The van der Waals surface area contributed by atoms with Gasteiger partial charge in [-0.15, -0.1) is 0 Å². The molecular weight excluding hydrogens is 252 g/mol. The number of esters is 1. The lowest BCUT2D eigenvalue weighted by molar-refractivity contribution is -0.138. The van der Waals surface area contributed by atoms with Crippen LogP contribution in [0, 0.1) is 0 Å². The van der Waals surface area contributed by atoms with E-state index in [1.165, 1.54) is 25.3 Å². The summed E-state index contributed by atoms with van der Waals surface area (Å²) in [6.45, 7) is 3.22. The van der Waals surface area contributed by atoms with Gasteiger partial charge in [-0.05, 0) is 18.2 Å². The van der Waals surface area contributed by atoms with Gasteiger partial charge >= 0.3 is 11.9 Å². The molecule has 0 aliphatic carbocycles. The summed E-state index contributed by atoms with van der Waals surface area (Å²) in [6.07, 6.45) is 0.0524. The second kappa shape index (κ2) is 6.34. The fourth-order valence-corrected chi connectivity index (χ4v) is 1.25. The molecule has 6 heteroatoms. The van der Waals surface area contributed by atoms with Gasteiger partial charge in [0.05, 0.1) is 19.1 Å². The molecule has 100 valence electrons. The van der Waals surface area contributed by atoms with Crippen molar-refractivity contribution in [2.24, 2.45) is 0 Å². The fourth-order valence-electron chi connectivity index (χ4n) is 1.25. The molecule has 1 N–H and O–H groups in total. The molecule has 0 radical (unpaired) electrons. The van der Waals surface area contributed by atoms with Crippen LogP contribution in [0.1, 0.15) is 16.8 Å². The number of hydrogen-bond donors (Lipinski definition) is 1. The summed E-state index contributed by atoms with van der Waals surface area (Å²) in [5.74, 6) is -1.60. The third kappa shape index (κ3) is 3.95. The molecule has 0 atom stereocenters. The number of aldehydes is 1. The predicted molar refractivity (Wildman–Crippen MR) is 65.4 cm³/mol. The SMILES string of the molecule is C=C(CC(=O)Oc1ccc(OC)cc1C=O)C(=O)O. The lowest BCUT2D eigenvalue weighted by Crippen LogP contribution is -2.13. The largest absolute Gasteiger partial charge is 0.497 e. The summed E-state index contributed by atoms with van der Waals surface area (Å²) in [6, 6.07) is 4.31. The number of benzene rings is 1. The molecule has 6 nitrogen and oxygen atoms in total. The van der Waals surface area contributed by atoms with Crippen molar-refractivity contribution in [1.82, 2.24) is 0 Å². The molecule has 0 fully saturated rings. The van der Waals surface area contributed by atoms with Crippen LogP contribution in [0.15, 0.2) is 30.4 Å². The van der Waals surface area contributed by atoms with E-state index >= 15 is 0 Å². The average Bonchev–Trinajstić information content (AvgIpc) is 2.38. The first-order chi connectivity index (χ1) is 8.97. The molecule has 0 spiro atoms. The first-order valence-corrected chi connectivity index (χ1v) is 5.23. The Morgan fingerprint density at radius 2 is 2.11 bits per heavy atom. The van der Waals surface area contributed by atoms with Gasteiger partial charge in [0.25, 0.3) is 0 Å². The summed E-state index contributed by atoms with van der Waals surface area (Å²) in [4.78, 5) is 32.8. The molecule has 0 saturated heterocycles. The zero-order chi connectivity index (χ0) is 14.4. The minimum atomic E-state index is -1.28. The van der Waals surface area contributed by atoms with Gasteiger partial charge in [0.15, 0.2) is 6.29 Å². The molecular formula is C13H12O6. The molecule has 0 heterocycles. The monoisotopic (exact) mass is 264 g/mol. The van der Waals surface area contributed by atoms with Gasteiger partial charge in [-0.1, -0.05) is 6.58 Å². The van der Waals surface area contributed by atoms with Crippen molar-refractivity contribution in [2.45, 2.75) is 6.42 Å². The highest BCUT2D eigenvalue weighted by atomic mass is 16.5. The topological polar surface area (TPSA) is 89.9 Å². The molecule has 19 heavy (non-hydrogen) atoms. The second-order valence-corrected chi connectivity index (χ2v) is 3.58. The Balaban J connectivity index is 2.82. The number of carboxylic acid groups (broad SMARTS) is 1. The van der Waals surface area contributed by atoms with E-state index in [4.69, 9.17) is 14.6 Å². The van der Waals surface area contributed by atoms with Crippen LogP contribution < -0.4 is 9.47 Å². The number of carbonyl (C=O) groups excluding carboxylic acids is 2. The smallest absolute Gasteiger partial charge is 0.331 e. The lowest BCUT2D eigenvalue weighted by atomic mass is 10.2. The number of hydrogen-bond acceptors (Lipinski definition) is 5. The Kier molecular flexibility index (Phi) is 4.82. The van der Waals surface area contributed by atoms with Crippen LogP contribution in [0.5, 0.6) is 11.5 Å². The van der Waals surface area contributed by atoms with Crippen LogP contribution in [-0.2, 0) is 9.59 Å². The number of ether oxygens (including phenoxy) is 2. The number of methoxy groups -OCH3 is 1. The van der Waals surface area contributed by atoms with Crippen LogP contribution in [0.2, 0.25) is 0 Å². The van der Waals surface area contributed by atoms with E-state index in [9.17, 15) is 14.4 Å². The summed E-state index contributed by atoms with van der Waals surface area (Å²) in [5, 5.41) is 8.59. The molecule has 0 bridgehead atoms. The predicted octanol–water partition coefficient (Wildman–Crippen LogP) is 1.44. The van der Waals surface area contributed by atoms with Crippen molar-refractivity contribution in [2.75, 3.05) is 7.11 Å². The van der Waals surface area contributed by atoms with Crippen LogP contribution in [0.4, 0.5) is 0 Å². The van der Waals surface area contributed by atoms with Crippen LogP contribution in [-0.4, -0.2) is 30.4 Å². The van der Waals surface area contributed by atoms with E-state index < -0.39 is 18.4 Å². The Morgan fingerprint density at radius 3 is 2.63 bits per heavy atom. The summed E-state index contributed by atoms with van der Waals surface area (Å²) in [7, 11) is 1.44. The van der Waals surface area contributed by atoms with Crippen molar-refractivity contribution in [3.8, 4) is 11.5 Å². The Labute approximate surface area is 109 Å². The first kappa shape index (κ1) is 14.4. The van der Waals surface area contributed by atoms with Crippen LogP contribution >= 0.6 is 0 Å². The first-order valence-electron chi connectivity index (χ1n) is 5.23. The third-order valence-corrected chi connectivity index (χ3v) is 2.23. The average molecular weight is 264 g/mol. The molecule has 0 unspecified atom stereocenters. The standard InChI is InChI=1S/C13H12O6/c1-8(13(16)17)5-12(15)19-11-4-3-10(18-2)6-9(11)7-14/h3-4,6-7H,1,5H2,2H3,(H,16,17). The zero-order valence-corrected chi connectivity index (χ0v) is 10.2. The second-order valence-electron chi connectivity index (χ2n) is 3.58.